The Morgan fingerprint density at radius 2 is 2.33 bits per heavy atom. The maximum Gasteiger partial charge on any atom is 0.125 e. The summed E-state index contributed by atoms with van der Waals surface area (Å²) in [7, 11) is 0. The van der Waals surface area contributed by atoms with Gasteiger partial charge in [0.15, 0.2) is 0 Å². The molecule has 0 saturated heterocycles. The van der Waals surface area contributed by atoms with Gasteiger partial charge in [0.2, 0.25) is 0 Å². The molecule has 0 aliphatic heterocycles. The molecule has 0 aliphatic rings. The summed E-state index contributed by atoms with van der Waals surface area (Å²) in [6.07, 6.45) is 3.06. The maximum atomic E-state index is 13.0. The van der Waals surface area contributed by atoms with Crippen LogP contribution in [0.1, 0.15) is 11.1 Å². The van der Waals surface area contributed by atoms with E-state index in [1.54, 1.807) is 13.0 Å². The quantitative estimate of drug-likeness (QED) is 0.461. The molecule has 0 saturated carbocycles. The number of azide groups is 1. The normalized spacial score (nSPS) is 10.3. The van der Waals surface area contributed by atoms with E-state index in [0.29, 0.717) is 11.1 Å². The minimum absolute atomic E-state index is 0.0357. The van der Waals surface area contributed by atoms with Crippen LogP contribution in [0.25, 0.3) is 16.5 Å². The number of hydrogen-bond acceptors (Lipinski definition) is 2. The molecule has 0 spiro atoms. The number of aromatic hydroxyl groups is 1. The molecule has 1 rings (SSSR count). The number of phenols is 1. The van der Waals surface area contributed by atoms with Crippen molar-refractivity contribution in [1.29, 1.82) is 0 Å². The Morgan fingerprint density at radius 1 is 1.60 bits per heavy atom. The topological polar surface area (TPSA) is 69.0 Å². The van der Waals surface area contributed by atoms with Gasteiger partial charge in [-0.2, -0.15) is 0 Å². The molecule has 0 aliphatic carbocycles. The van der Waals surface area contributed by atoms with Crippen molar-refractivity contribution in [3.8, 4) is 5.75 Å². The van der Waals surface area contributed by atoms with E-state index < -0.39 is 5.82 Å². The summed E-state index contributed by atoms with van der Waals surface area (Å²) in [4.78, 5) is 2.56. The fraction of sp³-hybridized carbons (Fsp3) is 0.200. The van der Waals surface area contributed by atoms with E-state index >= 15 is 0 Å². The van der Waals surface area contributed by atoms with Gasteiger partial charge >= 0.3 is 0 Å². The van der Waals surface area contributed by atoms with Gasteiger partial charge in [-0.15, -0.1) is 0 Å². The first kappa shape index (κ1) is 11.1. The van der Waals surface area contributed by atoms with Crippen molar-refractivity contribution in [2.75, 3.05) is 6.54 Å². The summed E-state index contributed by atoms with van der Waals surface area (Å²) >= 11 is 0. The Balaban J connectivity index is 2.94. The second-order valence-corrected chi connectivity index (χ2v) is 2.98. The van der Waals surface area contributed by atoms with Crippen molar-refractivity contribution >= 4 is 6.08 Å². The van der Waals surface area contributed by atoms with Crippen molar-refractivity contribution in [1.82, 2.24) is 0 Å². The lowest BCUT2D eigenvalue weighted by Crippen LogP contribution is -1.84. The maximum absolute atomic E-state index is 13.0. The summed E-state index contributed by atoms with van der Waals surface area (Å²) in [6.45, 7) is 1.79. The highest BCUT2D eigenvalue weighted by Crippen LogP contribution is 2.24. The minimum atomic E-state index is -0.409. The second kappa shape index (κ2) is 5.02. The minimum Gasteiger partial charge on any atom is -0.507 e. The Bertz CT molecular complexity index is 437. The van der Waals surface area contributed by atoms with Crippen molar-refractivity contribution in [2.24, 2.45) is 5.11 Å². The first-order chi connectivity index (χ1) is 7.15. The van der Waals surface area contributed by atoms with Gasteiger partial charge in [-0.3, -0.25) is 0 Å². The molecule has 0 atom stereocenters. The highest BCUT2D eigenvalue weighted by Gasteiger charge is 2.03. The Labute approximate surface area is 86.3 Å². The van der Waals surface area contributed by atoms with Gasteiger partial charge in [-0.05, 0) is 30.2 Å². The largest absolute Gasteiger partial charge is 0.507 e. The number of phenolic OH excluding ortho intramolecular Hbond substituents is 1. The van der Waals surface area contributed by atoms with Crippen LogP contribution < -0.4 is 0 Å². The lowest BCUT2D eigenvalue weighted by Gasteiger charge is -2.02. The zero-order chi connectivity index (χ0) is 11.3. The Morgan fingerprint density at radius 3 is 3.00 bits per heavy atom. The van der Waals surface area contributed by atoms with Gasteiger partial charge in [-0.1, -0.05) is 17.3 Å². The van der Waals surface area contributed by atoms with Crippen LogP contribution in [0.15, 0.2) is 23.3 Å². The van der Waals surface area contributed by atoms with Gasteiger partial charge in [0.1, 0.15) is 11.6 Å². The summed E-state index contributed by atoms with van der Waals surface area (Å²) in [6, 6.07) is 2.47. The summed E-state index contributed by atoms with van der Waals surface area (Å²) in [5, 5.41) is 12.8. The van der Waals surface area contributed by atoms with Crippen LogP contribution in [-0.2, 0) is 0 Å². The monoisotopic (exact) mass is 207 g/mol. The van der Waals surface area contributed by atoms with Gasteiger partial charge in [0.25, 0.3) is 0 Å². The van der Waals surface area contributed by atoms with E-state index in [-0.39, 0.29) is 12.3 Å². The van der Waals surface area contributed by atoms with Crippen molar-refractivity contribution in [2.45, 2.75) is 6.92 Å². The number of rotatable bonds is 3. The molecule has 1 N–H and O–H groups in total. The smallest absolute Gasteiger partial charge is 0.125 e. The predicted molar refractivity (Wildman–Crippen MR) is 55.8 cm³/mol. The first-order valence-corrected chi connectivity index (χ1v) is 4.31. The van der Waals surface area contributed by atoms with Crippen molar-refractivity contribution in [3.63, 3.8) is 0 Å². The molecule has 0 heterocycles. The van der Waals surface area contributed by atoms with Crippen LogP contribution in [0.2, 0.25) is 0 Å². The SMILES string of the molecule is Cc1cc(F)cc(C=CCN=[N+]=[N-])c1O. The van der Waals surface area contributed by atoms with E-state index in [0.717, 1.165) is 0 Å². The first-order valence-electron chi connectivity index (χ1n) is 4.31. The molecule has 78 valence electrons. The van der Waals surface area contributed by atoms with Gasteiger partial charge in [-0.25, -0.2) is 4.39 Å². The van der Waals surface area contributed by atoms with E-state index in [4.69, 9.17) is 5.53 Å². The standard InChI is InChI=1S/C10H10FN3O/c1-7-5-9(11)6-8(10(7)15)3-2-4-13-14-12/h2-3,5-6,15H,4H2,1H3. The Kier molecular flexibility index (Phi) is 3.71. The molecule has 0 fully saturated rings. The fourth-order valence-electron chi connectivity index (χ4n) is 1.15. The van der Waals surface area contributed by atoms with Gasteiger partial charge in [0.05, 0.1) is 0 Å². The van der Waals surface area contributed by atoms with E-state index in [1.807, 2.05) is 0 Å². The molecule has 0 bridgehead atoms. The zero-order valence-corrected chi connectivity index (χ0v) is 8.18. The molecule has 1 aromatic carbocycles. The molecule has 5 heteroatoms. The number of halogens is 1. The average Bonchev–Trinajstić information content (AvgIpc) is 2.19. The van der Waals surface area contributed by atoms with Crippen LogP contribution in [0.3, 0.4) is 0 Å². The van der Waals surface area contributed by atoms with Crippen LogP contribution in [0, 0.1) is 12.7 Å². The molecule has 0 radical (unpaired) electrons. The number of nitrogens with zero attached hydrogens (tertiary/aromatic N) is 3. The average molecular weight is 207 g/mol. The van der Waals surface area contributed by atoms with Crippen molar-refractivity contribution in [3.05, 3.63) is 45.6 Å². The lowest BCUT2D eigenvalue weighted by atomic mass is 10.1. The number of aryl methyl sites for hydroxylation is 1. The third-order valence-corrected chi connectivity index (χ3v) is 1.84. The van der Waals surface area contributed by atoms with Crippen LogP contribution in [-0.4, -0.2) is 11.7 Å². The van der Waals surface area contributed by atoms with Crippen LogP contribution in [0.5, 0.6) is 5.75 Å². The lowest BCUT2D eigenvalue weighted by molar-refractivity contribution is 0.467. The summed E-state index contributed by atoms with van der Waals surface area (Å²) < 4.78 is 13.0. The molecular formula is C10H10FN3O. The van der Waals surface area contributed by atoms with E-state index in [1.165, 1.54) is 18.2 Å². The molecule has 15 heavy (non-hydrogen) atoms. The van der Waals surface area contributed by atoms with Crippen LogP contribution >= 0.6 is 0 Å². The van der Waals surface area contributed by atoms with Gasteiger partial charge < -0.3 is 5.11 Å². The molecular weight excluding hydrogens is 197 g/mol. The van der Waals surface area contributed by atoms with Crippen molar-refractivity contribution < 1.29 is 9.50 Å². The molecule has 0 aromatic heterocycles. The molecule has 0 amide bonds. The third-order valence-electron chi connectivity index (χ3n) is 1.84. The predicted octanol–water partition coefficient (Wildman–Crippen LogP) is 3.16. The Hall–Kier alpha value is -2.00. The highest BCUT2D eigenvalue weighted by atomic mass is 19.1. The summed E-state index contributed by atoms with van der Waals surface area (Å²) in [5.41, 5.74) is 8.87. The molecule has 0 unspecified atom stereocenters. The second-order valence-electron chi connectivity index (χ2n) is 2.98. The fourth-order valence-corrected chi connectivity index (χ4v) is 1.15. The molecule has 4 nitrogen and oxygen atoms in total. The van der Waals surface area contributed by atoms with E-state index in [2.05, 4.69) is 10.0 Å². The highest BCUT2D eigenvalue weighted by molar-refractivity contribution is 5.59. The van der Waals surface area contributed by atoms with E-state index in [9.17, 15) is 9.50 Å². The number of benzene rings is 1. The van der Waals surface area contributed by atoms with Gasteiger partial charge in [0, 0.05) is 17.0 Å². The molecule has 1 aromatic rings. The zero-order valence-electron chi connectivity index (χ0n) is 8.18. The van der Waals surface area contributed by atoms with Crippen LogP contribution in [0.4, 0.5) is 4.39 Å². The number of hydrogen-bond donors (Lipinski definition) is 1. The third kappa shape index (κ3) is 3.00. The summed E-state index contributed by atoms with van der Waals surface area (Å²) in [5.74, 6) is -0.373.